The molecule has 1 aliphatic rings. The van der Waals surface area contributed by atoms with Gasteiger partial charge in [-0.2, -0.15) is 0 Å². The molecule has 1 aliphatic heterocycles. The van der Waals surface area contributed by atoms with E-state index in [9.17, 15) is 4.79 Å². The van der Waals surface area contributed by atoms with Gasteiger partial charge in [0, 0.05) is 30.9 Å². The van der Waals surface area contributed by atoms with E-state index in [1.165, 1.54) is 4.88 Å². The van der Waals surface area contributed by atoms with Gasteiger partial charge in [0.2, 0.25) is 0 Å². The van der Waals surface area contributed by atoms with E-state index < -0.39 is 0 Å². The van der Waals surface area contributed by atoms with Crippen molar-refractivity contribution >= 4 is 17.4 Å². The van der Waals surface area contributed by atoms with Gasteiger partial charge in [0.25, 0.3) is 0 Å². The number of urea groups is 1. The summed E-state index contributed by atoms with van der Waals surface area (Å²) in [6.45, 7) is 2.12. The molecule has 0 unspecified atom stereocenters. The molecule has 0 aliphatic carbocycles. The van der Waals surface area contributed by atoms with Gasteiger partial charge in [-0.05, 0) is 24.3 Å². The second-order valence-electron chi connectivity index (χ2n) is 5.32. The number of carbonyl (C=O) groups is 1. The number of likely N-dealkylation sites (tertiary alicyclic amines) is 1. The third-order valence-corrected chi connectivity index (χ3v) is 4.69. The largest absolute Gasteiger partial charge is 0.333 e. The molecule has 1 saturated heterocycles. The van der Waals surface area contributed by atoms with Crippen molar-refractivity contribution in [3.8, 4) is 0 Å². The maximum atomic E-state index is 12.3. The van der Waals surface area contributed by atoms with Crippen LogP contribution in [-0.4, -0.2) is 38.8 Å². The van der Waals surface area contributed by atoms with Crippen molar-refractivity contribution in [3.05, 3.63) is 34.5 Å². The van der Waals surface area contributed by atoms with E-state index in [4.69, 9.17) is 0 Å². The summed E-state index contributed by atoms with van der Waals surface area (Å²) in [7, 11) is 1.95. The van der Waals surface area contributed by atoms with Gasteiger partial charge in [-0.1, -0.05) is 6.07 Å². The highest BCUT2D eigenvalue weighted by molar-refractivity contribution is 7.09. The standard InChI is InChI=1S/C14H19N5OS/c1-18-10-16-17-13(18)11-4-2-6-19(9-11)14(20)15-8-12-5-3-7-21-12/h3,5,7,10-11H,2,4,6,8-9H2,1H3,(H,15,20)/t11-/m1/s1. The van der Waals surface area contributed by atoms with Crippen molar-refractivity contribution in [2.45, 2.75) is 25.3 Å². The molecular formula is C14H19N5OS. The van der Waals surface area contributed by atoms with Crippen LogP contribution in [0.5, 0.6) is 0 Å². The Hall–Kier alpha value is -1.89. The summed E-state index contributed by atoms with van der Waals surface area (Å²) in [5.41, 5.74) is 0. The normalized spacial score (nSPS) is 18.7. The van der Waals surface area contributed by atoms with E-state index in [-0.39, 0.29) is 11.9 Å². The number of thiophene rings is 1. The van der Waals surface area contributed by atoms with Crippen LogP contribution in [0.4, 0.5) is 4.79 Å². The fourth-order valence-corrected chi connectivity index (χ4v) is 3.37. The van der Waals surface area contributed by atoms with Gasteiger partial charge in [0.05, 0.1) is 6.54 Å². The van der Waals surface area contributed by atoms with Crippen molar-refractivity contribution in [1.29, 1.82) is 0 Å². The summed E-state index contributed by atoms with van der Waals surface area (Å²) in [6, 6.07) is 4.04. The van der Waals surface area contributed by atoms with E-state index >= 15 is 0 Å². The Morgan fingerprint density at radius 3 is 3.19 bits per heavy atom. The Labute approximate surface area is 127 Å². The third kappa shape index (κ3) is 3.24. The van der Waals surface area contributed by atoms with Gasteiger partial charge in [0.15, 0.2) is 0 Å². The lowest BCUT2D eigenvalue weighted by molar-refractivity contribution is 0.177. The van der Waals surface area contributed by atoms with Crippen LogP contribution >= 0.6 is 11.3 Å². The molecular weight excluding hydrogens is 286 g/mol. The van der Waals surface area contributed by atoms with Gasteiger partial charge in [0.1, 0.15) is 12.2 Å². The second kappa shape index (κ2) is 6.26. The predicted molar refractivity (Wildman–Crippen MR) is 81.1 cm³/mol. The number of piperidine rings is 1. The van der Waals surface area contributed by atoms with E-state index in [2.05, 4.69) is 15.5 Å². The van der Waals surface area contributed by atoms with E-state index in [0.717, 1.165) is 25.2 Å². The fourth-order valence-electron chi connectivity index (χ4n) is 2.72. The zero-order valence-electron chi connectivity index (χ0n) is 12.0. The van der Waals surface area contributed by atoms with Crippen molar-refractivity contribution in [2.75, 3.05) is 13.1 Å². The lowest BCUT2D eigenvalue weighted by Gasteiger charge is -2.32. The third-order valence-electron chi connectivity index (χ3n) is 3.81. The summed E-state index contributed by atoms with van der Waals surface area (Å²) in [5, 5.41) is 13.1. The number of hydrogen-bond acceptors (Lipinski definition) is 4. The van der Waals surface area contributed by atoms with Gasteiger partial charge >= 0.3 is 6.03 Å². The number of aromatic nitrogens is 3. The van der Waals surface area contributed by atoms with Gasteiger partial charge in [-0.15, -0.1) is 21.5 Å². The number of amides is 2. The van der Waals surface area contributed by atoms with Crippen molar-refractivity contribution in [3.63, 3.8) is 0 Å². The lowest BCUT2D eigenvalue weighted by atomic mass is 9.97. The molecule has 1 atom stereocenters. The lowest BCUT2D eigenvalue weighted by Crippen LogP contribution is -2.45. The minimum Gasteiger partial charge on any atom is -0.333 e. The highest BCUT2D eigenvalue weighted by atomic mass is 32.1. The Balaban J connectivity index is 1.58. The van der Waals surface area contributed by atoms with Crippen LogP contribution in [0.2, 0.25) is 0 Å². The average molecular weight is 305 g/mol. The summed E-state index contributed by atoms with van der Waals surface area (Å²) in [4.78, 5) is 15.3. The van der Waals surface area contributed by atoms with E-state index in [0.29, 0.717) is 13.1 Å². The molecule has 2 aromatic heterocycles. The minimum absolute atomic E-state index is 0.00951. The predicted octanol–water partition coefficient (Wildman–Crippen LogP) is 1.97. The Kier molecular flexibility index (Phi) is 4.19. The molecule has 112 valence electrons. The van der Waals surface area contributed by atoms with E-state index in [1.54, 1.807) is 17.7 Å². The molecule has 2 aromatic rings. The van der Waals surface area contributed by atoms with Gasteiger partial charge in [-0.3, -0.25) is 0 Å². The summed E-state index contributed by atoms with van der Waals surface area (Å²) < 4.78 is 1.94. The second-order valence-corrected chi connectivity index (χ2v) is 6.36. The minimum atomic E-state index is 0.00951. The van der Waals surface area contributed by atoms with Gasteiger partial charge in [-0.25, -0.2) is 4.79 Å². The highest BCUT2D eigenvalue weighted by Crippen LogP contribution is 2.25. The topological polar surface area (TPSA) is 63.1 Å². The number of hydrogen-bond donors (Lipinski definition) is 1. The molecule has 0 saturated carbocycles. The van der Waals surface area contributed by atoms with Crippen LogP contribution in [-0.2, 0) is 13.6 Å². The van der Waals surface area contributed by atoms with Gasteiger partial charge < -0.3 is 14.8 Å². The molecule has 1 N–H and O–H groups in total. The molecule has 6 nitrogen and oxygen atoms in total. The monoisotopic (exact) mass is 305 g/mol. The summed E-state index contributed by atoms with van der Waals surface area (Å²) in [6.07, 6.45) is 3.77. The first kappa shape index (κ1) is 14.1. The smallest absolute Gasteiger partial charge is 0.317 e. The molecule has 21 heavy (non-hydrogen) atoms. The number of nitrogens with zero attached hydrogens (tertiary/aromatic N) is 4. The molecule has 3 heterocycles. The maximum absolute atomic E-state index is 12.3. The SMILES string of the molecule is Cn1cnnc1[C@@H]1CCCN(C(=O)NCc2cccs2)C1. The molecule has 7 heteroatoms. The first-order chi connectivity index (χ1) is 10.2. The first-order valence-corrected chi connectivity index (χ1v) is 8.01. The zero-order valence-corrected chi connectivity index (χ0v) is 12.8. The zero-order chi connectivity index (χ0) is 14.7. The molecule has 0 spiro atoms. The summed E-state index contributed by atoms with van der Waals surface area (Å²) in [5.74, 6) is 1.24. The van der Waals surface area contributed by atoms with Crippen LogP contribution in [0.1, 0.15) is 29.5 Å². The fraction of sp³-hybridized carbons (Fsp3) is 0.500. The first-order valence-electron chi connectivity index (χ1n) is 7.13. The van der Waals surface area contributed by atoms with Crippen molar-refractivity contribution < 1.29 is 4.79 Å². The van der Waals surface area contributed by atoms with Crippen LogP contribution in [0, 0.1) is 0 Å². The number of nitrogens with one attached hydrogen (secondary N) is 1. The maximum Gasteiger partial charge on any atom is 0.317 e. The number of rotatable bonds is 3. The molecule has 2 amide bonds. The van der Waals surface area contributed by atoms with Crippen LogP contribution < -0.4 is 5.32 Å². The summed E-state index contributed by atoms with van der Waals surface area (Å²) >= 11 is 1.66. The highest BCUT2D eigenvalue weighted by Gasteiger charge is 2.27. The molecule has 0 bridgehead atoms. The average Bonchev–Trinajstić information content (AvgIpc) is 3.16. The molecule has 0 aromatic carbocycles. The van der Waals surface area contributed by atoms with Crippen LogP contribution in [0.25, 0.3) is 0 Å². The Morgan fingerprint density at radius 1 is 1.57 bits per heavy atom. The number of carbonyl (C=O) groups excluding carboxylic acids is 1. The van der Waals surface area contributed by atoms with Crippen molar-refractivity contribution in [1.82, 2.24) is 25.0 Å². The Bertz CT molecular complexity index is 594. The molecule has 1 fully saturated rings. The van der Waals surface area contributed by atoms with Crippen LogP contribution in [0.15, 0.2) is 23.8 Å². The molecule has 3 rings (SSSR count). The molecule has 0 radical (unpaired) electrons. The van der Waals surface area contributed by atoms with E-state index in [1.807, 2.05) is 34.0 Å². The number of aryl methyl sites for hydroxylation is 1. The van der Waals surface area contributed by atoms with Crippen LogP contribution in [0.3, 0.4) is 0 Å². The van der Waals surface area contributed by atoms with Crippen molar-refractivity contribution in [2.24, 2.45) is 7.05 Å². The Morgan fingerprint density at radius 2 is 2.48 bits per heavy atom. The quantitative estimate of drug-likeness (QED) is 0.943.